The third kappa shape index (κ3) is 3.65. The molecule has 0 atom stereocenters. The number of H-pyrrole nitrogens is 1. The number of amidine groups is 1. The van der Waals surface area contributed by atoms with Crippen molar-refractivity contribution in [3.63, 3.8) is 0 Å². The third-order valence-electron chi connectivity index (χ3n) is 4.53. The quantitative estimate of drug-likeness (QED) is 0.287. The first kappa shape index (κ1) is 20.3. The number of nitrogens with zero attached hydrogens (tertiary/aromatic N) is 4. The molecule has 4 rings (SSSR count). The number of methoxy groups -OCH3 is 1. The van der Waals surface area contributed by atoms with Gasteiger partial charge in [-0.15, -0.1) is 0 Å². The Morgan fingerprint density at radius 1 is 1.16 bits per heavy atom. The minimum absolute atomic E-state index is 0.120. The fourth-order valence-corrected chi connectivity index (χ4v) is 3.10. The molecule has 0 fully saturated rings. The van der Waals surface area contributed by atoms with Gasteiger partial charge in [0.15, 0.2) is 5.84 Å². The summed E-state index contributed by atoms with van der Waals surface area (Å²) >= 11 is 0. The molecular formula is C20H14F4N6O. The summed E-state index contributed by atoms with van der Waals surface area (Å²) in [6.07, 6.45) is 1.27. The van der Waals surface area contributed by atoms with Crippen molar-refractivity contribution in [2.75, 3.05) is 7.11 Å². The summed E-state index contributed by atoms with van der Waals surface area (Å²) in [5.74, 6) is -2.91. The molecule has 0 saturated heterocycles. The lowest BCUT2D eigenvalue weighted by Crippen LogP contribution is -2.15. The molecule has 158 valence electrons. The number of pyridine rings is 1. The van der Waals surface area contributed by atoms with E-state index in [4.69, 9.17) is 5.41 Å². The average molecular weight is 430 g/mol. The number of aromatic amines is 1. The molecule has 31 heavy (non-hydrogen) atoms. The van der Waals surface area contributed by atoms with E-state index in [2.05, 4.69) is 24.9 Å². The van der Waals surface area contributed by atoms with Gasteiger partial charge in [0.25, 0.3) is 5.90 Å². The highest BCUT2D eigenvalue weighted by atomic mass is 19.3. The van der Waals surface area contributed by atoms with E-state index in [9.17, 15) is 17.6 Å². The van der Waals surface area contributed by atoms with Crippen molar-refractivity contribution in [2.24, 2.45) is 4.99 Å². The minimum Gasteiger partial charge on any atom is -0.480 e. The van der Waals surface area contributed by atoms with Crippen molar-refractivity contribution in [1.29, 1.82) is 5.41 Å². The van der Waals surface area contributed by atoms with Crippen LogP contribution in [-0.4, -0.2) is 44.9 Å². The van der Waals surface area contributed by atoms with E-state index in [1.165, 1.54) is 22.9 Å². The Kier molecular flexibility index (Phi) is 5.24. The Morgan fingerprint density at radius 2 is 1.90 bits per heavy atom. The monoisotopic (exact) mass is 430 g/mol. The highest BCUT2D eigenvalue weighted by Gasteiger charge is 2.20. The maximum atomic E-state index is 14.3. The minimum atomic E-state index is -2.98. The molecule has 2 N–H and O–H groups in total. The summed E-state index contributed by atoms with van der Waals surface area (Å²) in [6, 6.07) is 6.79. The van der Waals surface area contributed by atoms with Gasteiger partial charge in [-0.2, -0.15) is 18.9 Å². The number of halogens is 4. The smallest absolute Gasteiger partial charge is 0.312 e. The van der Waals surface area contributed by atoms with Crippen molar-refractivity contribution >= 4 is 17.4 Å². The number of benzene rings is 1. The third-order valence-corrected chi connectivity index (χ3v) is 4.53. The number of nitrogens with one attached hydrogen (secondary N) is 2. The van der Waals surface area contributed by atoms with Gasteiger partial charge < -0.3 is 4.74 Å². The van der Waals surface area contributed by atoms with Gasteiger partial charge in [0.05, 0.1) is 30.8 Å². The molecule has 1 aromatic carbocycles. The van der Waals surface area contributed by atoms with Crippen LogP contribution in [0.1, 0.15) is 5.69 Å². The second-order valence-corrected chi connectivity index (χ2v) is 6.35. The van der Waals surface area contributed by atoms with Crippen LogP contribution in [0.2, 0.25) is 0 Å². The molecule has 0 aliphatic heterocycles. The standard InChI is InChI=1S/C20H14F4N6O/c1-31-20(18(23)24)28-19(25)14-8-26-15-6-5-10(9-30(14)15)11-7-27-29-17(11)16-12(21)3-2-4-13(16)22/h2-9,18,25H,1H3,(H,27,29). The summed E-state index contributed by atoms with van der Waals surface area (Å²) in [5, 5.41) is 14.6. The van der Waals surface area contributed by atoms with Crippen LogP contribution < -0.4 is 0 Å². The summed E-state index contributed by atoms with van der Waals surface area (Å²) in [6.45, 7) is 0. The number of aliphatic imine (C=N–C) groups is 1. The second-order valence-electron chi connectivity index (χ2n) is 6.35. The number of aromatic nitrogens is 4. The van der Waals surface area contributed by atoms with E-state index >= 15 is 0 Å². The molecule has 0 aliphatic carbocycles. The molecule has 0 unspecified atom stereocenters. The van der Waals surface area contributed by atoms with Crippen molar-refractivity contribution in [2.45, 2.75) is 6.43 Å². The molecule has 3 heterocycles. The summed E-state index contributed by atoms with van der Waals surface area (Å²) < 4.78 is 60.3. The van der Waals surface area contributed by atoms with Crippen LogP contribution in [0.15, 0.2) is 53.9 Å². The van der Waals surface area contributed by atoms with Gasteiger partial charge in [-0.25, -0.2) is 13.8 Å². The Balaban J connectivity index is 1.82. The van der Waals surface area contributed by atoms with Crippen LogP contribution in [0.3, 0.4) is 0 Å². The average Bonchev–Trinajstić information content (AvgIpc) is 3.38. The van der Waals surface area contributed by atoms with Crippen LogP contribution in [0.25, 0.3) is 28.0 Å². The first-order valence-corrected chi connectivity index (χ1v) is 8.85. The first-order chi connectivity index (χ1) is 14.9. The summed E-state index contributed by atoms with van der Waals surface area (Å²) in [5.41, 5.74) is 1.29. The molecular weight excluding hydrogens is 416 g/mol. The van der Waals surface area contributed by atoms with Crippen LogP contribution in [-0.2, 0) is 4.74 Å². The molecule has 7 nitrogen and oxygen atoms in total. The van der Waals surface area contributed by atoms with Gasteiger partial charge in [0.2, 0.25) is 0 Å². The number of ether oxygens (including phenoxy) is 1. The number of hydrogen-bond acceptors (Lipinski definition) is 4. The van der Waals surface area contributed by atoms with Crippen molar-refractivity contribution in [3.05, 3.63) is 66.3 Å². The predicted octanol–water partition coefficient (Wildman–Crippen LogP) is 4.30. The number of rotatable bonds is 4. The van der Waals surface area contributed by atoms with Gasteiger partial charge >= 0.3 is 6.43 Å². The molecule has 0 spiro atoms. The molecule has 4 aromatic rings. The van der Waals surface area contributed by atoms with E-state index in [-0.39, 0.29) is 17.0 Å². The summed E-state index contributed by atoms with van der Waals surface area (Å²) in [4.78, 5) is 7.65. The fourth-order valence-electron chi connectivity index (χ4n) is 3.10. The van der Waals surface area contributed by atoms with Crippen LogP contribution >= 0.6 is 0 Å². The Labute approximate surface area is 172 Å². The predicted molar refractivity (Wildman–Crippen MR) is 105 cm³/mol. The van der Waals surface area contributed by atoms with Gasteiger partial charge in [-0.1, -0.05) is 6.07 Å². The normalized spacial score (nSPS) is 12.0. The molecule has 0 aliphatic rings. The highest BCUT2D eigenvalue weighted by Crippen LogP contribution is 2.33. The van der Waals surface area contributed by atoms with Crippen LogP contribution in [0, 0.1) is 17.0 Å². The SMILES string of the molecule is COC(=NC(=N)c1cnc2ccc(-c3cn[nH]c3-c3c(F)cccc3F)cn12)C(F)F. The lowest BCUT2D eigenvalue weighted by Gasteiger charge is -2.08. The topological polar surface area (TPSA) is 91.4 Å². The number of hydrogen-bond donors (Lipinski definition) is 2. The van der Waals surface area contributed by atoms with Crippen molar-refractivity contribution < 1.29 is 22.3 Å². The zero-order valence-electron chi connectivity index (χ0n) is 15.9. The van der Waals surface area contributed by atoms with Crippen LogP contribution in [0.4, 0.5) is 17.6 Å². The second kappa shape index (κ2) is 8.01. The van der Waals surface area contributed by atoms with E-state index in [0.717, 1.165) is 19.2 Å². The Morgan fingerprint density at radius 3 is 2.58 bits per heavy atom. The fraction of sp³-hybridized carbons (Fsp3) is 0.100. The number of fused-ring (bicyclic) bond motifs is 1. The molecule has 0 saturated carbocycles. The lowest BCUT2D eigenvalue weighted by atomic mass is 10.0. The number of alkyl halides is 2. The van der Waals surface area contributed by atoms with E-state index in [0.29, 0.717) is 16.8 Å². The molecule has 0 bridgehead atoms. The van der Waals surface area contributed by atoms with Gasteiger partial charge in [0, 0.05) is 17.3 Å². The Bertz CT molecular complexity index is 1290. The zero-order chi connectivity index (χ0) is 22.1. The lowest BCUT2D eigenvalue weighted by molar-refractivity contribution is 0.185. The van der Waals surface area contributed by atoms with Gasteiger partial charge in [-0.05, 0) is 24.3 Å². The van der Waals surface area contributed by atoms with E-state index in [1.807, 2.05) is 0 Å². The number of imidazole rings is 1. The van der Waals surface area contributed by atoms with Crippen molar-refractivity contribution in [3.8, 4) is 22.4 Å². The van der Waals surface area contributed by atoms with Crippen molar-refractivity contribution in [1.82, 2.24) is 19.6 Å². The molecule has 0 radical (unpaired) electrons. The van der Waals surface area contributed by atoms with E-state index < -0.39 is 29.8 Å². The molecule has 0 amide bonds. The zero-order valence-corrected chi connectivity index (χ0v) is 15.9. The highest BCUT2D eigenvalue weighted by molar-refractivity contribution is 6.03. The first-order valence-electron chi connectivity index (χ1n) is 8.85. The van der Waals surface area contributed by atoms with Gasteiger partial charge in [0.1, 0.15) is 23.0 Å². The maximum Gasteiger partial charge on any atom is 0.312 e. The Hall–Kier alpha value is -4.02. The molecule has 3 aromatic heterocycles. The molecule has 11 heteroatoms. The summed E-state index contributed by atoms with van der Waals surface area (Å²) in [7, 11) is 1.03. The largest absolute Gasteiger partial charge is 0.480 e. The van der Waals surface area contributed by atoms with Crippen LogP contribution in [0.5, 0.6) is 0 Å². The maximum absolute atomic E-state index is 14.3. The van der Waals surface area contributed by atoms with Gasteiger partial charge in [-0.3, -0.25) is 14.9 Å². The van der Waals surface area contributed by atoms with E-state index in [1.54, 1.807) is 18.3 Å².